The number of hydrogen-bond donors (Lipinski definition) is 2. The first-order chi connectivity index (χ1) is 13.1. The van der Waals surface area contributed by atoms with Crippen molar-refractivity contribution in [3.63, 3.8) is 0 Å². The number of para-hydroxylation sites is 1. The predicted octanol–water partition coefficient (Wildman–Crippen LogP) is 3.92. The Morgan fingerprint density at radius 3 is 2.67 bits per heavy atom. The highest BCUT2D eigenvalue weighted by Crippen LogP contribution is 2.14. The molecule has 3 rings (SSSR count). The molecule has 0 aliphatic heterocycles. The smallest absolute Gasteiger partial charge is 0.252 e. The molecule has 0 atom stereocenters. The number of anilines is 1. The van der Waals surface area contributed by atoms with Crippen LogP contribution in [0.5, 0.6) is 5.75 Å². The van der Waals surface area contributed by atoms with Gasteiger partial charge in [-0.1, -0.05) is 56.3 Å². The average Bonchev–Trinajstić information content (AvgIpc) is 2.67. The lowest BCUT2D eigenvalue weighted by Crippen LogP contribution is -2.12. The van der Waals surface area contributed by atoms with Crippen LogP contribution in [0.4, 0.5) is 5.95 Å². The third kappa shape index (κ3) is 5.28. The van der Waals surface area contributed by atoms with Gasteiger partial charge in [0.05, 0.1) is 11.9 Å². The van der Waals surface area contributed by atoms with E-state index in [0.717, 1.165) is 16.9 Å². The summed E-state index contributed by atoms with van der Waals surface area (Å²) in [5, 5.41) is 4.21. The number of benzene rings is 2. The fourth-order valence-corrected chi connectivity index (χ4v) is 2.46. The van der Waals surface area contributed by atoms with Gasteiger partial charge in [0, 0.05) is 11.6 Å². The number of H-pyrrole nitrogens is 1. The van der Waals surface area contributed by atoms with Crippen molar-refractivity contribution in [3.8, 4) is 5.75 Å². The largest absolute Gasteiger partial charge is 0.489 e. The fraction of sp³-hybridized carbons (Fsp3) is 0.190. The number of nitrogens with one attached hydrogen (secondary N) is 2. The molecule has 1 aromatic heterocycles. The van der Waals surface area contributed by atoms with Gasteiger partial charge in [0.1, 0.15) is 12.4 Å². The maximum Gasteiger partial charge on any atom is 0.252 e. The highest BCUT2D eigenvalue weighted by Gasteiger charge is 2.05. The molecule has 6 heteroatoms. The van der Waals surface area contributed by atoms with E-state index in [1.165, 1.54) is 6.07 Å². The van der Waals surface area contributed by atoms with Gasteiger partial charge in [0.2, 0.25) is 5.95 Å². The van der Waals surface area contributed by atoms with Crippen LogP contribution in [0.3, 0.4) is 0 Å². The molecule has 27 heavy (non-hydrogen) atoms. The minimum absolute atomic E-state index is 0.160. The number of aromatic nitrogens is 2. The van der Waals surface area contributed by atoms with Crippen molar-refractivity contribution in [1.82, 2.24) is 9.97 Å². The number of hydrazone groups is 1. The Morgan fingerprint density at radius 1 is 1.15 bits per heavy atom. The van der Waals surface area contributed by atoms with E-state index in [4.69, 9.17) is 4.74 Å². The van der Waals surface area contributed by atoms with Gasteiger partial charge in [-0.2, -0.15) is 5.10 Å². The number of hydrogen-bond acceptors (Lipinski definition) is 5. The van der Waals surface area contributed by atoms with Gasteiger partial charge < -0.3 is 4.74 Å². The molecule has 0 aliphatic carbocycles. The van der Waals surface area contributed by atoms with Crippen LogP contribution in [0.25, 0.3) is 0 Å². The summed E-state index contributed by atoms with van der Waals surface area (Å²) in [4.78, 5) is 18.7. The zero-order valence-corrected chi connectivity index (χ0v) is 15.3. The number of rotatable bonds is 7. The maximum atomic E-state index is 11.7. The molecule has 2 aromatic carbocycles. The lowest BCUT2D eigenvalue weighted by molar-refractivity contribution is 0.306. The monoisotopic (exact) mass is 362 g/mol. The standard InChI is InChI=1S/C21H22N4O2/c1-15(2)19-12-20(26)24-21(23-19)25-22-13-16-8-6-7-9-17(16)14-27-18-10-4-3-5-11-18/h3-13,15H,14H2,1-2H3,(H2,23,24,25,26)/b22-13-. The second-order valence-electron chi connectivity index (χ2n) is 6.34. The van der Waals surface area contributed by atoms with Crippen LogP contribution in [-0.4, -0.2) is 16.2 Å². The Labute approximate surface area is 157 Å². The van der Waals surface area contributed by atoms with Crippen LogP contribution in [0.1, 0.15) is 36.6 Å². The van der Waals surface area contributed by atoms with Crippen LogP contribution in [0.2, 0.25) is 0 Å². The zero-order chi connectivity index (χ0) is 19.1. The lowest BCUT2D eigenvalue weighted by atomic mass is 10.1. The van der Waals surface area contributed by atoms with Crippen LogP contribution in [0, 0.1) is 0 Å². The Morgan fingerprint density at radius 2 is 1.89 bits per heavy atom. The minimum Gasteiger partial charge on any atom is -0.489 e. The lowest BCUT2D eigenvalue weighted by Gasteiger charge is -2.09. The van der Waals surface area contributed by atoms with Gasteiger partial charge in [-0.05, 0) is 23.6 Å². The average molecular weight is 362 g/mol. The van der Waals surface area contributed by atoms with Gasteiger partial charge in [0.25, 0.3) is 5.56 Å². The van der Waals surface area contributed by atoms with Gasteiger partial charge in [-0.25, -0.2) is 10.4 Å². The predicted molar refractivity (Wildman–Crippen MR) is 107 cm³/mol. The Hall–Kier alpha value is -3.41. The van der Waals surface area contributed by atoms with Crippen molar-refractivity contribution in [2.75, 3.05) is 5.43 Å². The molecule has 0 bridgehead atoms. The van der Waals surface area contributed by atoms with Crippen molar-refractivity contribution in [1.29, 1.82) is 0 Å². The van der Waals surface area contributed by atoms with E-state index in [1.54, 1.807) is 6.21 Å². The SMILES string of the molecule is CC(C)c1cc(=O)[nH]c(N/N=C\c2ccccc2COc2ccccc2)n1. The highest BCUT2D eigenvalue weighted by atomic mass is 16.5. The van der Waals surface area contributed by atoms with Gasteiger partial charge >= 0.3 is 0 Å². The Balaban J connectivity index is 1.70. The highest BCUT2D eigenvalue weighted by molar-refractivity contribution is 5.82. The van der Waals surface area contributed by atoms with Crippen molar-refractivity contribution in [2.45, 2.75) is 26.4 Å². The molecule has 0 fully saturated rings. The number of nitrogens with zero attached hydrogens (tertiary/aromatic N) is 2. The van der Waals surface area contributed by atoms with E-state index >= 15 is 0 Å². The van der Waals surface area contributed by atoms with Gasteiger partial charge in [0.15, 0.2) is 0 Å². The molecule has 3 aromatic rings. The third-order valence-electron chi connectivity index (χ3n) is 3.92. The first-order valence-electron chi connectivity index (χ1n) is 8.78. The number of aromatic amines is 1. The van der Waals surface area contributed by atoms with Crippen LogP contribution in [-0.2, 0) is 6.61 Å². The molecule has 0 saturated carbocycles. The fourth-order valence-electron chi connectivity index (χ4n) is 2.46. The summed E-state index contributed by atoms with van der Waals surface area (Å²) in [5.74, 6) is 1.29. The number of ether oxygens (including phenoxy) is 1. The van der Waals surface area contributed by atoms with E-state index in [0.29, 0.717) is 18.2 Å². The minimum atomic E-state index is -0.205. The summed E-state index contributed by atoms with van der Waals surface area (Å²) in [6, 6.07) is 19.0. The molecular weight excluding hydrogens is 340 g/mol. The Kier molecular flexibility index (Phi) is 5.99. The normalized spacial score (nSPS) is 11.1. The molecule has 0 aliphatic rings. The van der Waals surface area contributed by atoms with Crippen LogP contribution in [0.15, 0.2) is 70.6 Å². The molecule has 2 N–H and O–H groups in total. The molecular formula is C21H22N4O2. The molecule has 0 amide bonds. The second-order valence-corrected chi connectivity index (χ2v) is 6.34. The Bertz CT molecular complexity index is 965. The van der Waals surface area contributed by atoms with Crippen molar-refractivity contribution in [3.05, 3.63) is 87.8 Å². The first-order valence-corrected chi connectivity index (χ1v) is 8.78. The topological polar surface area (TPSA) is 79.4 Å². The van der Waals surface area contributed by atoms with Crippen molar-refractivity contribution < 1.29 is 4.74 Å². The van der Waals surface area contributed by atoms with E-state index in [2.05, 4.69) is 20.5 Å². The summed E-state index contributed by atoms with van der Waals surface area (Å²) in [6.45, 7) is 4.40. The van der Waals surface area contributed by atoms with Crippen molar-refractivity contribution >= 4 is 12.2 Å². The summed E-state index contributed by atoms with van der Waals surface area (Å²) >= 11 is 0. The van der Waals surface area contributed by atoms with Gasteiger partial charge in [-0.3, -0.25) is 9.78 Å². The molecule has 138 valence electrons. The second kappa shape index (κ2) is 8.80. The summed E-state index contributed by atoms with van der Waals surface area (Å²) in [5.41, 5.74) is 5.23. The van der Waals surface area contributed by atoms with E-state index in [9.17, 15) is 4.79 Å². The van der Waals surface area contributed by atoms with Gasteiger partial charge in [-0.15, -0.1) is 0 Å². The molecule has 6 nitrogen and oxygen atoms in total. The zero-order valence-electron chi connectivity index (χ0n) is 15.3. The third-order valence-corrected chi connectivity index (χ3v) is 3.92. The first kappa shape index (κ1) is 18.4. The van der Waals surface area contributed by atoms with E-state index in [-0.39, 0.29) is 11.5 Å². The molecule has 0 spiro atoms. The summed E-state index contributed by atoms with van der Waals surface area (Å²) < 4.78 is 5.81. The molecule has 1 heterocycles. The van der Waals surface area contributed by atoms with Crippen LogP contribution >= 0.6 is 0 Å². The van der Waals surface area contributed by atoms with Crippen LogP contribution < -0.4 is 15.7 Å². The maximum absolute atomic E-state index is 11.7. The quantitative estimate of drug-likeness (QED) is 0.493. The molecule has 0 unspecified atom stereocenters. The summed E-state index contributed by atoms with van der Waals surface area (Å²) in [6.07, 6.45) is 1.69. The van der Waals surface area contributed by atoms with E-state index in [1.807, 2.05) is 68.4 Å². The summed E-state index contributed by atoms with van der Waals surface area (Å²) in [7, 11) is 0. The van der Waals surface area contributed by atoms with E-state index < -0.39 is 0 Å². The molecule has 0 radical (unpaired) electrons. The van der Waals surface area contributed by atoms with Crippen molar-refractivity contribution in [2.24, 2.45) is 5.10 Å². The molecule has 0 saturated heterocycles.